The van der Waals surface area contributed by atoms with Crippen LogP contribution in [0.15, 0.2) is 24.4 Å². The lowest BCUT2D eigenvalue weighted by Gasteiger charge is -2.32. The zero-order valence-corrected chi connectivity index (χ0v) is 18.7. The molecule has 156 valence electrons. The van der Waals surface area contributed by atoms with Crippen LogP contribution in [0.1, 0.15) is 70.1 Å². The van der Waals surface area contributed by atoms with Gasteiger partial charge in [0.05, 0.1) is 22.9 Å². The van der Waals surface area contributed by atoms with E-state index in [9.17, 15) is 4.79 Å². The molecular weight excluding hydrogens is 367 g/mol. The highest BCUT2D eigenvalue weighted by molar-refractivity contribution is 6.62. The maximum atomic E-state index is 12.4. The SMILES string of the molecule is Cc1cc(B2OC(C)(C)C(C)(C)O2)ccc1CNC(=O)c1cn(C(C)(C)C)nn1. The van der Waals surface area contributed by atoms with Crippen molar-refractivity contribution in [1.82, 2.24) is 20.3 Å². The first-order chi connectivity index (χ1) is 13.3. The highest BCUT2D eigenvalue weighted by atomic mass is 16.7. The summed E-state index contributed by atoms with van der Waals surface area (Å²) in [5.41, 5.74) is 2.42. The van der Waals surface area contributed by atoms with Gasteiger partial charge in [0.25, 0.3) is 5.91 Å². The van der Waals surface area contributed by atoms with Crippen LogP contribution in [0.3, 0.4) is 0 Å². The molecule has 1 N–H and O–H groups in total. The molecule has 0 bridgehead atoms. The Balaban J connectivity index is 1.66. The largest absolute Gasteiger partial charge is 0.494 e. The lowest BCUT2D eigenvalue weighted by atomic mass is 9.78. The van der Waals surface area contributed by atoms with E-state index in [1.165, 1.54) is 0 Å². The van der Waals surface area contributed by atoms with Gasteiger partial charge in [-0.25, -0.2) is 4.68 Å². The van der Waals surface area contributed by atoms with Crippen molar-refractivity contribution >= 4 is 18.5 Å². The fraction of sp³-hybridized carbons (Fsp3) is 0.571. The molecule has 1 fully saturated rings. The number of hydrogen-bond donors (Lipinski definition) is 1. The molecule has 8 heteroatoms. The van der Waals surface area contributed by atoms with Crippen molar-refractivity contribution in [3.63, 3.8) is 0 Å². The molecule has 0 saturated carbocycles. The fourth-order valence-electron chi connectivity index (χ4n) is 3.00. The minimum atomic E-state index is -0.394. The van der Waals surface area contributed by atoms with E-state index < -0.39 is 7.12 Å². The molecule has 0 atom stereocenters. The number of nitrogens with zero attached hydrogens (tertiary/aromatic N) is 3. The summed E-state index contributed by atoms with van der Waals surface area (Å²) < 4.78 is 13.9. The Labute approximate surface area is 173 Å². The summed E-state index contributed by atoms with van der Waals surface area (Å²) in [5, 5.41) is 10.9. The number of aryl methyl sites for hydroxylation is 1. The average Bonchev–Trinajstić information content (AvgIpc) is 3.16. The second-order valence-electron chi connectivity index (χ2n) is 9.68. The van der Waals surface area contributed by atoms with Crippen LogP contribution in [0.25, 0.3) is 0 Å². The summed E-state index contributed by atoms with van der Waals surface area (Å²) in [6.45, 7) is 16.6. The predicted molar refractivity (Wildman–Crippen MR) is 113 cm³/mol. The number of nitrogens with one attached hydrogen (secondary N) is 1. The van der Waals surface area contributed by atoms with Gasteiger partial charge in [-0.2, -0.15) is 0 Å². The van der Waals surface area contributed by atoms with Gasteiger partial charge < -0.3 is 14.6 Å². The van der Waals surface area contributed by atoms with Gasteiger partial charge in [0.2, 0.25) is 0 Å². The molecule has 3 rings (SSSR count). The first-order valence-corrected chi connectivity index (χ1v) is 9.96. The van der Waals surface area contributed by atoms with Crippen molar-refractivity contribution in [2.75, 3.05) is 0 Å². The molecule has 0 radical (unpaired) electrons. The van der Waals surface area contributed by atoms with E-state index in [-0.39, 0.29) is 22.6 Å². The molecule has 1 amide bonds. The van der Waals surface area contributed by atoms with E-state index >= 15 is 0 Å². The van der Waals surface area contributed by atoms with Gasteiger partial charge in [0.1, 0.15) is 0 Å². The van der Waals surface area contributed by atoms with E-state index in [0.717, 1.165) is 16.6 Å². The normalized spacial score (nSPS) is 18.1. The van der Waals surface area contributed by atoms with E-state index in [0.29, 0.717) is 12.2 Å². The number of carbonyl (C=O) groups is 1. The van der Waals surface area contributed by atoms with Crippen LogP contribution in [0.2, 0.25) is 0 Å². The number of amides is 1. The van der Waals surface area contributed by atoms with Gasteiger partial charge in [0.15, 0.2) is 5.69 Å². The van der Waals surface area contributed by atoms with Crippen LogP contribution in [0.4, 0.5) is 0 Å². The number of carbonyl (C=O) groups excluding carboxylic acids is 1. The van der Waals surface area contributed by atoms with Gasteiger partial charge >= 0.3 is 7.12 Å². The second-order valence-corrected chi connectivity index (χ2v) is 9.68. The molecule has 29 heavy (non-hydrogen) atoms. The first-order valence-electron chi connectivity index (χ1n) is 9.96. The average molecular weight is 398 g/mol. The van der Waals surface area contributed by atoms with Crippen LogP contribution in [-0.4, -0.2) is 39.2 Å². The number of rotatable bonds is 4. The molecule has 0 aliphatic carbocycles. The highest BCUT2D eigenvalue weighted by Gasteiger charge is 2.51. The third-order valence-electron chi connectivity index (χ3n) is 5.74. The van der Waals surface area contributed by atoms with E-state index in [1.807, 2.05) is 67.5 Å². The molecule has 2 aromatic rings. The van der Waals surface area contributed by atoms with Crippen molar-refractivity contribution in [2.24, 2.45) is 0 Å². The Morgan fingerprint density at radius 2 is 1.79 bits per heavy atom. The van der Waals surface area contributed by atoms with Crippen LogP contribution in [0.5, 0.6) is 0 Å². The van der Waals surface area contributed by atoms with Gasteiger partial charge in [-0.3, -0.25) is 4.79 Å². The van der Waals surface area contributed by atoms with Crippen molar-refractivity contribution in [1.29, 1.82) is 0 Å². The van der Waals surface area contributed by atoms with Gasteiger partial charge in [-0.15, -0.1) is 5.10 Å². The van der Waals surface area contributed by atoms with Crippen LogP contribution >= 0.6 is 0 Å². The summed E-state index contributed by atoms with van der Waals surface area (Å²) in [5.74, 6) is -0.241. The van der Waals surface area contributed by atoms with Gasteiger partial charge in [-0.05, 0) is 72.0 Å². The predicted octanol–water partition coefficient (Wildman–Crippen LogP) is 2.57. The molecule has 0 unspecified atom stereocenters. The fourth-order valence-corrected chi connectivity index (χ4v) is 3.00. The van der Waals surface area contributed by atoms with Crippen LogP contribution in [-0.2, 0) is 21.4 Å². The van der Waals surface area contributed by atoms with Crippen molar-refractivity contribution < 1.29 is 14.1 Å². The summed E-state index contributed by atoms with van der Waals surface area (Å²) >= 11 is 0. The molecule has 1 aliphatic heterocycles. The number of hydrogen-bond acceptors (Lipinski definition) is 5. The molecule has 1 saturated heterocycles. The molecule has 1 aromatic heterocycles. The zero-order valence-electron chi connectivity index (χ0n) is 18.7. The highest BCUT2D eigenvalue weighted by Crippen LogP contribution is 2.36. The minimum absolute atomic E-state index is 0.217. The monoisotopic (exact) mass is 398 g/mol. The molecular formula is C21H31BN4O3. The summed E-state index contributed by atoms with van der Waals surface area (Å²) in [7, 11) is -0.394. The second kappa shape index (κ2) is 7.25. The standard InChI is InChI=1S/C21H31BN4O3/c1-14-11-16(22-28-20(5,6)21(7,8)29-22)10-9-15(14)12-23-18(27)17-13-26(25-24-17)19(2,3)4/h9-11,13H,12H2,1-8H3,(H,23,27). The van der Waals surface area contributed by atoms with E-state index in [4.69, 9.17) is 9.31 Å². The molecule has 1 aliphatic rings. The Bertz CT molecular complexity index is 899. The van der Waals surface area contributed by atoms with Crippen molar-refractivity contribution in [2.45, 2.75) is 78.7 Å². The third kappa shape index (κ3) is 4.38. The Morgan fingerprint density at radius 3 is 2.31 bits per heavy atom. The lowest BCUT2D eigenvalue weighted by molar-refractivity contribution is 0.00578. The molecule has 1 aromatic carbocycles. The van der Waals surface area contributed by atoms with E-state index in [2.05, 4.69) is 21.7 Å². The molecule has 7 nitrogen and oxygen atoms in total. The van der Waals surface area contributed by atoms with Crippen LogP contribution < -0.4 is 10.8 Å². The number of benzene rings is 1. The summed E-state index contributed by atoms with van der Waals surface area (Å²) in [6, 6.07) is 6.05. The van der Waals surface area contributed by atoms with Gasteiger partial charge in [0, 0.05) is 6.54 Å². The maximum absolute atomic E-state index is 12.4. The third-order valence-corrected chi connectivity index (χ3v) is 5.74. The molecule has 2 heterocycles. The molecule has 0 spiro atoms. The number of aromatic nitrogens is 3. The van der Waals surface area contributed by atoms with Crippen LogP contribution in [0, 0.1) is 6.92 Å². The quantitative estimate of drug-likeness (QED) is 0.801. The Morgan fingerprint density at radius 1 is 1.17 bits per heavy atom. The summed E-state index contributed by atoms with van der Waals surface area (Å²) in [4.78, 5) is 12.4. The van der Waals surface area contributed by atoms with Crippen molar-refractivity contribution in [3.05, 3.63) is 41.2 Å². The van der Waals surface area contributed by atoms with E-state index in [1.54, 1.807) is 10.9 Å². The maximum Gasteiger partial charge on any atom is 0.494 e. The van der Waals surface area contributed by atoms with Crippen molar-refractivity contribution in [3.8, 4) is 0 Å². The topological polar surface area (TPSA) is 78.3 Å². The first kappa shape index (κ1) is 21.5. The summed E-state index contributed by atoms with van der Waals surface area (Å²) in [6.07, 6.45) is 1.67. The minimum Gasteiger partial charge on any atom is -0.399 e. The Hall–Kier alpha value is -2.19. The Kier molecular flexibility index (Phi) is 5.38. The van der Waals surface area contributed by atoms with Gasteiger partial charge in [-0.1, -0.05) is 23.4 Å². The smallest absolute Gasteiger partial charge is 0.399 e. The lowest BCUT2D eigenvalue weighted by Crippen LogP contribution is -2.41. The zero-order chi connectivity index (χ0) is 21.6.